The van der Waals surface area contributed by atoms with Gasteiger partial charge < -0.3 is 15.4 Å². The summed E-state index contributed by atoms with van der Waals surface area (Å²) < 4.78 is 4.80. The fraction of sp³-hybridized carbons (Fsp3) is 0.667. The van der Waals surface area contributed by atoms with Crippen LogP contribution in [0.3, 0.4) is 0 Å². The van der Waals surface area contributed by atoms with E-state index in [1.165, 1.54) is 11.8 Å². The van der Waals surface area contributed by atoms with E-state index in [-0.39, 0.29) is 6.10 Å². The minimum Gasteiger partial charge on any atom is -0.446 e. The Balaban J connectivity index is 2.39. The zero-order valence-electron chi connectivity index (χ0n) is 8.56. The second-order valence-electron chi connectivity index (χ2n) is 3.48. The monoisotopic (exact) mass is 214 g/mol. The van der Waals surface area contributed by atoms with Crippen LogP contribution < -0.4 is 5.73 Å². The number of hydrogen-bond acceptors (Lipinski definition) is 4. The van der Waals surface area contributed by atoms with Gasteiger partial charge in [-0.25, -0.2) is 4.79 Å². The number of amides is 2. The first-order chi connectivity index (χ1) is 7.00. The summed E-state index contributed by atoms with van der Waals surface area (Å²) in [7, 11) is 0. The van der Waals surface area contributed by atoms with Crippen LogP contribution >= 0.6 is 0 Å². The lowest BCUT2D eigenvalue weighted by molar-refractivity contribution is -0.144. The molecule has 0 spiro atoms. The number of carbonyl (C=O) groups is 3. The summed E-state index contributed by atoms with van der Waals surface area (Å²) in [4.78, 5) is 34.0. The quantitative estimate of drug-likeness (QED) is 0.637. The first-order valence-electron chi connectivity index (χ1n) is 4.76. The van der Waals surface area contributed by atoms with Gasteiger partial charge in [0.1, 0.15) is 6.10 Å². The molecule has 6 nitrogen and oxygen atoms in total. The zero-order valence-corrected chi connectivity index (χ0v) is 8.56. The smallest absolute Gasteiger partial charge is 0.404 e. The number of nitrogens with two attached hydrogens (primary N) is 1. The highest BCUT2D eigenvalue weighted by molar-refractivity contribution is 6.35. The van der Waals surface area contributed by atoms with Gasteiger partial charge in [-0.2, -0.15) is 0 Å². The van der Waals surface area contributed by atoms with Crippen LogP contribution in [-0.4, -0.2) is 41.9 Å². The average Bonchev–Trinajstić information content (AvgIpc) is 2.17. The molecule has 0 unspecified atom stereocenters. The molecule has 84 valence electrons. The van der Waals surface area contributed by atoms with Gasteiger partial charge in [0.15, 0.2) is 0 Å². The van der Waals surface area contributed by atoms with Crippen LogP contribution in [-0.2, 0) is 14.3 Å². The Hall–Kier alpha value is -1.59. The van der Waals surface area contributed by atoms with E-state index in [9.17, 15) is 14.4 Å². The summed E-state index contributed by atoms with van der Waals surface area (Å²) in [6.07, 6.45) is 0.0223. The summed E-state index contributed by atoms with van der Waals surface area (Å²) in [6, 6.07) is 0. The number of likely N-dealkylation sites (tertiary alicyclic amines) is 1. The van der Waals surface area contributed by atoms with Crippen LogP contribution in [0.2, 0.25) is 0 Å². The van der Waals surface area contributed by atoms with Gasteiger partial charge >= 0.3 is 6.09 Å². The molecule has 1 aliphatic heterocycles. The lowest BCUT2D eigenvalue weighted by Gasteiger charge is -2.30. The van der Waals surface area contributed by atoms with Crippen molar-refractivity contribution in [1.82, 2.24) is 4.90 Å². The van der Waals surface area contributed by atoms with Crippen LogP contribution in [0.1, 0.15) is 19.8 Å². The standard InChI is InChI=1S/C9H14N2O4/c1-6(12)8(13)11-4-2-7(3-5-11)15-9(10)14/h7H,2-5H2,1H3,(H2,10,14). The molecular formula is C9H14N2O4. The van der Waals surface area contributed by atoms with Gasteiger partial charge in [-0.05, 0) is 0 Å². The average molecular weight is 214 g/mol. The largest absolute Gasteiger partial charge is 0.446 e. The van der Waals surface area contributed by atoms with Gasteiger partial charge in [-0.3, -0.25) is 9.59 Å². The van der Waals surface area contributed by atoms with E-state index >= 15 is 0 Å². The van der Waals surface area contributed by atoms with Gasteiger partial charge in [0.2, 0.25) is 5.78 Å². The van der Waals surface area contributed by atoms with E-state index in [0.29, 0.717) is 25.9 Å². The summed E-state index contributed by atoms with van der Waals surface area (Å²) in [5, 5.41) is 0. The molecule has 1 aliphatic rings. The van der Waals surface area contributed by atoms with Gasteiger partial charge in [0, 0.05) is 32.9 Å². The molecule has 1 rings (SSSR count). The highest BCUT2D eigenvalue weighted by atomic mass is 16.6. The predicted molar refractivity (Wildman–Crippen MR) is 51.0 cm³/mol. The normalized spacial score (nSPS) is 17.3. The number of hydrogen-bond donors (Lipinski definition) is 1. The molecule has 0 bridgehead atoms. The maximum absolute atomic E-state index is 11.3. The molecule has 0 aromatic carbocycles. The Morgan fingerprint density at radius 2 is 1.80 bits per heavy atom. The second kappa shape index (κ2) is 4.77. The van der Waals surface area contributed by atoms with Crippen LogP contribution in [0.25, 0.3) is 0 Å². The number of rotatable bonds is 2. The van der Waals surface area contributed by atoms with Gasteiger partial charge in [-0.15, -0.1) is 0 Å². The van der Waals surface area contributed by atoms with E-state index in [2.05, 4.69) is 0 Å². The molecule has 0 saturated carbocycles. The highest BCUT2D eigenvalue weighted by Gasteiger charge is 2.26. The molecule has 0 atom stereocenters. The van der Waals surface area contributed by atoms with Crippen molar-refractivity contribution < 1.29 is 19.1 Å². The molecular weight excluding hydrogens is 200 g/mol. The summed E-state index contributed by atoms with van der Waals surface area (Å²) in [6.45, 7) is 2.10. The Labute approximate surface area is 87.4 Å². The number of nitrogens with zero attached hydrogens (tertiary/aromatic N) is 1. The van der Waals surface area contributed by atoms with Crippen molar-refractivity contribution in [2.45, 2.75) is 25.9 Å². The Kier molecular flexibility index (Phi) is 3.65. The minimum absolute atomic E-state index is 0.237. The molecule has 1 heterocycles. The number of Topliss-reactive ketones (excluding diaryl/α,β-unsaturated/α-hetero) is 1. The molecule has 0 aromatic heterocycles. The van der Waals surface area contributed by atoms with Crippen molar-refractivity contribution in [3.63, 3.8) is 0 Å². The third-order valence-electron chi connectivity index (χ3n) is 2.31. The Morgan fingerprint density at radius 3 is 2.20 bits per heavy atom. The van der Waals surface area contributed by atoms with E-state index in [0.717, 1.165) is 0 Å². The van der Waals surface area contributed by atoms with Gasteiger partial charge in [0.05, 0.1) is 0 Å². The van der Waals surface area contributed by atoms with E-state index in [1.807, 2.05) is 0 Å². The van der Waals surface area contributed by atoms with E-state index < -0.39 is 17.8 Å². The van der Waals surface area contributed by atoms with Crippen molar-refractivity contribution >= 4 is 17.8 Å². The SMILES string of the molecule is CC(=O)C(=O)N1CCC(OC(N)=O)CC1. The maximum Gasteiger partial charge on any atom is 0.404 e. The summed E-state index contributed by atoms with van der Waals surface area (Å²) in [5.74, 6) is -0.947. The zero-order chi connectivity index (χ0) is 11.4. The topological polar surface area (TPSA) is 89.7 Å². The summed E-state index contributed by atoms with van der Waals surface area (Å²) in [5.41, 5.74) is 4.87. The van der Waals surface area contributed by atoms with Crippen LogP contribution in [0.15, 0.2) is 0 Å². The number of ether oxygens (including phenoxy) is 1. The fourth-order valence-electron chi connectivity index (χ4n) is 1.56. The molecule has 0 aromatic rings. The van der Waals surface area contributed by atoms with Crippen molar-refractivity contribution in [2.24, 2.45) is 5.73 Å². The number of ketones is 1. The van der Waals surface area contributed by atoms with Crippen molar-refractivity contribution in [2.75, 3.05) is 13.1 Å². The second-order valence-corrected chi connectivity index (χ2v) is 3.48. The van der Waals surface area contributed by atoms with Gasteiger partial charge in [-0.1, -0.05) is 0 Å². The molecule has 0 aliphatic carbocycles. The molecule has 2 N–H and O–H groups in total. The summed E-state index contributed by atoms with van der Waals surface area (Å²) >= 11 is 0. The molecule has 15 heavy (non-hydrogen) atoms. The van der Waals surface area contributed by atoms with Crippen LogP contribution in [0, 0.1) is 0 Å². The number of piperidine rings is 1. The lowest BCUT2D eigenvalue weighted by atomic mass is 10.1. The minimum atomic E-state index is -0.800. The van der Waals surface area contributed by atoms with Crippen molar-refractivity contribution in [3.05, 3.63) is 0 Å². The molecule has 0 radical (unpaired) electrons. The number of primary amides is 1. The fourth-order valence-corrected chi connectivity index (χ4v) is 1.56. The molecule has 1 fully saturated rings. The van der Waals surface area contributed by atoms with E-state index in [4.69, 9.17) is 10.5 Å². The molecule has 6 heteroatoms. The third kappa shape index (κ3) is 3.23. The first-order valence-corrected chi connectivity index (χ1v) is 4.76. The third-order valence-corrected chi connectivity index (χ3v) is 2.31. The lowest BCUT2D eigenvalue weighted by Crippen LogP contribution is -2.44. The van der Waals surface area contributed by atoms with Crippen LogP contribution in [0.4, 0.5) is 4.79 Å². The molecule has 1 saturated heterocycles. The Morgan fingerprint density at radius 1 is 1.27 bits per heavy atom. The van der Waals surface area contributed by atoms with Crippen LogP contribution in [0.5, 0.6) is 0 Å². The Bertz CT molecular complexity index is 282. The van der Waals surface area contributed by atoms with Gasteiger partial charge in [0.25, 0.3) is 5.91 Å². The van der Waals surface area contributed by atoms with Crippen molar-refractivity contribution in [3.8, 4) is 0 Å². The van der Waals surface area contributed by atoms with E-state index in [1.54, 1.807) is 0 Å². The predicted octanol–water partition coefficient (Wildman–Crippen LogP) is -0.338. The first kappa shape index (κ1) is 11.5. The molecule has 2 amide bonds. The van der Waals surface area contributed by atoms with Crippen molar-refractivity contribution in [1.29, 1.82) is 0 Å². The maximum atomic E-state index is 11.3. The highest BCUT2D eigenvalue weighted by Crippen LogP contribution is 2.13. The number of carbonyl (C=O) groups excluding carboxylic acids is 3.